The second-order valence-corrected chi connectivity index (χ2v) is 13.8. The highest BCUT2D eigenvalue weighted by molar-refractivity contribution is 5.88. The van der Waals surface area contributed by atoms with Crippen molar-refractivity contribution in [3.8, 4) is 23.0 Å². The van der Waals surface area contributed by atoms with E-state index in [2.05, 4.69) is 51.2 Å². The average Bonchev–Trinajstić information content (AvgIpc) is 3.59. The van der Waals surface area contributed by atoms with Gasteiger partial charge in [-0.15, -0.1) is 0 Å². The van der Waals surface area contributed by atoms with Gasteiger partial charge >= 0.3 is 0 Å². The number of ether oxygens (including phenoxy) is 2. The Labute approximate surface area is 336 Å². The van der Waals surface area contributed by atoms with Crippen LogP contribution in [-0.2, 0) is 4.79 Å². The highest BCUT2D eigenvalue weighted by Crippen LogP contribution is 2.33. The summed E-state index contributed by atoms with van der Waals surface area (Å²) in [5, 5.41) is 22.8. The number of rotatable bonds is 10. The van der Waals surface area contributed by atoms with Crippen molar-refractivity contribution in [3.05, 3.63) is 130 Å². The zero-order valence-corrected chi connectivity index (χ0v) is 32.7. The Morgan fingerprint density at radius 2 is 1.17 bits per heavy atom. The molecule has 2 aliphatic heterocycles. The van der Waals surface area contributed by atoms with Gasteiger partial charge in [-0.1, -0.05) is 0 Å². The predicted octanol–water partition coefficient (Wildman–Crippen LogP) is 8.64. The third kappa shape index (κ3) is 9.78. The van der Waals surface area contributed by atoms with E-state index in [1.54, 1.807) is 12.4 Å². The number of nitrogens with one attached hydrogen (secondary N) is 4. The van der Waals surface area contributed by atoms with Crippen LogP contribution in [0.3, 0.4) is 0 Å². The molecule has 6 aromatic rings. The zero-order valence-electron chi connectivity index (χ0n) is 32.7. The van der Waals surface area contributed by atoms with Gasteiger partial charge in [0.05, 0.1) is 30.1 Å². The van der Waals surface area contributed by atoms with Gasteiger partial charge in [0.15, 0.2) is 0 Å². The van der Waals surface area contributed by atoms with Crippen molar-refractivity contribution in [3.63, 3.8) is 0 Å². The van der Waals surface area contributed by atoms with Gasteiger partial charge in [-0.25, -0.2) is 19.9 Å². The number of aromatic nitrogens is 6. The van der Waals surface area contributed by atoms with Crippen LogP contribution in [0.1, 0.15) is 46.5 Å². The van der Waals surface area contributed by atoms with Gasteiger partial charge < -0.3 is 35.8 Å². The predicted molar refractivity (Wildman–Crippen MR) is 226 cm³/mol. The molecule has 0 atom stereocenters. The monoisotopic (exact) mass is 776 g/mol. The van der Waals surface area contributed by atoms with Crippen LogP contribution in [0.5, 0.6) is 23.0 Å². The Balaban J connectivity index is 0.000000177. The van der Waals surface area contributed by atoms with Gasteiger partial charge in [-0.3, -0.25) is 14.8 Å². The van der Waals surface area contributed by atoms with Crippen molar-refractivity contribution in [2.75, 3.05) is 41.0 Å². The average molecular weight is 777 g/mol. The molecule has 0 bridgehead atoms. The minimum atomic E-state index is 0.0223. The van der Waals surface area contributed by atoms with Crippen LogP contribution < -0.4 is 30.7 Å². The summed E-state index contributed by atoms with van der Waals surface area (Å²) in [6.45, 7) is 9.27. The maximum atomic E-state index is 11.3. The number of aliphatic hydroxyl groups is 1. The first-order valence-corrected chi connectivity index (χ1v) is 18.8. The fourth-order valence-corrected chi connectivity index (χ4v) is 6.20. The van der Waals surface area contributed by atoms with Crippen LogP contribution in [0.4, 0.5) is 34.6 Å². The van der Waals surface area contributed by atoms with E-state index in [0.29, 0.717) is 47.5 Å². The third-order valence-electron chi connectivity index (χ3n) is 9.34. The van der Waals surface area contributed by atoms with Crippen LogP contribution in [0.25, 0.3) is 12.2 Å². The minimum absolute atomic E-state index is 0.0223. The molecular formula is C44H44N10O4. The van der Waals surface area contributed by atoms with Crippen LogP contribution in [0.2, 0.25) is 0 Å². The smallest absolute Gasteiger partial charge is 0.146 e. The number of nitrogens with zero attached hydrogens (tertiary/aromatic N) is 6. The number of aliphatic hydroxyl groups excluding tert-OH is 1. The van der Waals surface area contributed by atoms with Crippen LogP contribution in [-0.4, -0.2) is 61.0 Å². The summed E-state index contributed by atoms with van der Waals surface area (Å²) in [4.78, 5) is 37.1. The molecule has 2 aliphatic rings. The van der Waals surface area contributed by atoms with Crippen molar-refractivity contribution < 1.29 is 19.4 Å². The van der Waals surface area contributed by atoms with Crippen LogP contribution in [0.15, 0.2) is 96.9 Å². The van der Waals surface area contributed by atoms with Crippen molar-refractivity contribution in [1.82, 2.24) is 29.9 Å². The van der Waals surface area contributed by atoms with Gasteiger partial charge in [0.25, 0.3) is 0 Å². The maximum Gasteiger partial charge on any atom is 0.146 e. The van der Waals surface area contributed by atoms with Crippen LogP contribution in [0, 0.1) is 27.7 Å². The van der Waals surface area contributed by atoms with E-state index in [1.807, 2.05) is 101 Å². The maximum absolute atomic E-state index is 11.3. The molecule has 0 radical (unpaired) electrons. The fourth-order valence-electron chi connectivity index (χ4n) is 6.20. The molecule has 0 spiro atoms. The molecule has 0 fully saturated rings. The van der Waals surface area contributed by atoms with Crippen LogP contribution >= 0.6 is 0 Å². The van der Waals surface area contributed by atoms with Gasteiger partial charge in [0.1, 0.15) is 65.2 Å². The number of pyridine rings is 2. The van der Waals surface area contributed by atoms with Crippen molar-refractivity contribution >= 4 is 53.1 Å². The van der Waals surface area contributed by atoms with E-state index in [1.165, 1.54) is 12.7 Å². The molecule has 14 nitrogen and oxygen atoms in total. The molecule has 294 valence electrons. The normalized spacial score (nSPS) is 12.9. The van der Waals surface area contributed by atoms with Crippen molar-refractivity contribution in [2.24, 2.45) is 0 Å². The summed E-state index contributed by atoms with van der Waals surface area (Å²) < 4.78 is 11.9. The number of aldehydes is 1. The molecule has 6 heterocycles. The molecular weight excluding hydrogens is 733 g/mol. The minimum Gasteiger partial charge on any atom is -0.455 e. The highest BCUT2D eigenvalue weighted by atomic mass is 16.5. The van der Waals surface area contributed by atoms with Gasteiger partial charge in [-0.2, -0.15) is 0 Å². The van der Waals surface area contributed by atoms with E-state index in [4.69, 9.17) is 9.47 Å². The number of hydrogen-bond donors (Lipinski definition) is 5. The lowest BCUT2D eigenvalue weighted by atomic mass is 10.1. The summed E-state index contributed by atoms with van der Waals surface area (Å²) in [5.41, 5.74) is 8.88. The third-order valence-corrected chi connectivity index (χ3v) is 9.34. The summed E-state index contributed by atoms with van der Waals surface area (Å²) in [6.07, 6.45) is 12.5. The summed E-state index contributed by atoms with van der Waals surface area (Å²) in [6, 6.07) is 19.3. The number of fused-ring (bicyclic) bond motifs is 2. The summed E-state index contributed by atoms with van der Waals surface area (Å²) in [7, 11) is 0. The zero-order chi connectivity index (χ0) is 40.4. The van der Waals surface area contributed by atoms with Crippen molar-refractivity contribution in [1.29, 1.82) is 0 Å². The fraction of sp³-hybridized carbons (Fsp3) is 0.205. The van der Waals surface area contributed by atoms with E-state index < -0.39 is 0 Å². The number of benzene rings is 2. The lowest BCUT2D eigenvalue weighted by molar-refractivity contribution is -0.104. The number of carbonyl (C=O) groups excluding carboxylic acids is 1. The Bertz CT molecular complexity index is 2470. The molecule has 58 heavy (non-hydrogen) atoms. The number of anilines is 6. The molecule has 0 saturated heterocycles. The van der Waals surface area contributed by atoms with Gasteiger partial charge in [-0.05, 0) is 136 Å². The highest BCUT2D eigenvalue weighted by Gasteiger charge is 2.16. The van der Waals surface area contributed by atoms with E-state index in [-0.39, 0.29) is 6.61 Å². The quantitative estimate of drug-likeness (QED) is 0.0834. The Hall–Kier alpha value is -7.19. The standard InChI is InChI=1S/C22H23N5O2.C22H21N5O2/c2*1-14-9-17(4-6-20(14)29-18-5-3-15(2)24-11-18)27-22-19-10-16(12-28)7-8-23-21(19)25-13-26-22/h3-6,9-11,13,28H,7-8,12H2,1-2H3,(H2,23,25,26,27);3-6,9-13H,7-8H2,1-2H3,(H2,23,25,26,27). The molecule has 8 rings (SSSR count). The first-order valence-electron chi connectivity index (χ1n) is 18.8. The number of aryl methyl sites for hydroxylation is 4. The second-order valence-electron chi connectivity index (χ2n) is 13.8. The molecule has 0 aliphatic carbocycles. The molecule has 0 amide bonds. The Morgan fingerprint density at radius 1 is 0.655 bits per heavy atom. The van der Waals surface area contributed by atoms with E-state index >= 15 is 0 Å². The molecule has 14 heteroatoms. The molecule has 0 unspecified atom stereocenters. The largest absolute Gasteiger partial charge is 0.455 e. The SMILES string of the molecule is Cc1ccc(Oc2ccc(Nc3ncnc4c3C=C(C=O)CCN4)cc2C)cn1.Cc1ccc(Oc2ccc(Nc3ncnc4c3C=C(CO)CCN4)cc2C)cn1. The summed E-state index contributed by atoms with van der Waals surface area (Å²) >= 11 is 0. The molecule has 2 aromatic carbocycles. The lowest BCUT2D eigenvalue weighted by Crippen LogP contribution is -2.05. The van der Waals surface area contributed by atoms with Gasteiger partial charge in [0.2, 0.25) is 0 Å². The first-order chi connectivity index (χ1) is 28.2. The second kappa shape index (κ2) is 18.2. The number of carbonyl (C=O) groups is 1. The van der Waals surface area contributed by atoms with Gasteiger partial charge in [0, 0.05) is 35.9 Å². The molecule has 0 saturated carbocycles. The topological polar surface area (TPSA) is 181 Å². The summed E-state index contributed by atoms with van der Waals surface area (Å²) in [5.74, 6) is 5.72. The van der Waals surface area contributed by atoms with E-state index in [9.17, 15) is 9.90 Å². The van der Waals surface area contributed by atoms with E-state index in [0.717, 1.165) is 87.2 Å². The molecule has 4 aromatic heterocycles. The Kier molecular flexibility index (Phi) is 12.2. The molecule has 5 N–H and O–H groups in total. The lowest BCUT2D eigenvalue weighted by Gasteiger charge is -2.14. The Morgan fingerprint density at radius 3 is 1.64 bits per heavy atom. The number of hydrogen-bond acceptors (Lipinski definition) is 14. The first kappa shape index (κ1) is 39.1. The van der Waals surface area contributed by atoms with Crippen molar-refractivity contribution in [2.45, 2.75) is 40.5 Å².